The molecule has 3 rings (SSSR count). The van der Waals surface area contributed by atoms with Crippen LogP contribution < -0.4 is 9.47 Å². The van der Waals surface area contributed by atoms with Gasteiger partial charge in [-0.2, -0.15) is 0 Å². The molecule has 9 nitrogen and oxygen atoms in total. The number of phenolic OH excluding ortho intramolecular Hbond substituents is 1. The van der Waals surface area contributed by atoms with Crippen LogP contribution in [0.1, 0.15) is 21.5 Å². The first-order chi connectivity index (χ1) is 14.9. The monoisotopic (exact) mass is 422 g/mol. The van der Waals surface area contributed by atoms with Crippen LogP contribution in [0.5, 0.6) is 17.2 Å². The number of aliphatic imine (C=N–C) groups is 1. The van der Waals surface area contributed by atoms with Crippen molar-refractivity contribution in [2.24, 2.45) is 4.99 Å². The van der Waals surface area contributed by atoms with Gasteiger partial charge in [0.2, 0.25) is 0 Å². The lowest BCUT2D eigenvalue weighted by Gasteiger charge is -2.11. The minimum atomic E-state index is -1.02. The van der Waals surface area contributed by atoms with Gasteiger partial charge in [0, 0.05) is 18.3 Å². The molecular weight excluding hydrogens is 404 g/mol. The molecule has 0 unspecified atom stereocenters. The van der Waals surface area contributed by atoms with Gasteiger partial charge in [0.15, 0.2) is 11.5 Å². The Kier molecular flexibility index (Phi) is 6.46. The molecule has 0 fully saturated rings. The Balaban J connectivity index is 1.76. The SMILES string of the molecule is COc1cc(C=Nc2cc([N+](=O)[O-])ccc2O)ccc1OCc1cccc(C(=O)O)c1. The van der Waals surface area contributed by atoms with Gasteiger partial charge in [-0.25, -0.2) is 4.79 Å². The molecule has 0 saturated carbocycles. The molecule has 0 aliphatic carbocycles. The summed E-state index contributed by atoms with van der Waals surface area (Å²) in [6, 6.07) is 15.0. The third kappa shape index (κ3) is 5.36. The molecule has 0 spiro atoms. The van der Waals surface area contributed by atoms with Crippen molar-refractivity contribution in [3.63, 3.8) is 0 Å². The van der Waals surface area contributed by atoms with E-state index in [4.69, 9.17) is 14.6 Å². The number of nitrogens with zero attached hydrogens (tertiary/aromatic N) is 2. The molecule has 31 heavy (non-hydrogen) atoms. The number of phenols is 1. The van der Waals surface area contributed by atoms with Crippen LogP contribution in [0.4, 0.5) is 11.4 Å². The van der Waals surface area contributed by atoms with Crippen LogP contribution in [0.25, 0.3) is 0 Å². The molecule has 0 amide bonds. The van der Waals surface area contributed by atoms with Crippen molar-refractivity contribution in [1.29, 1.82) is 0 Å². The fraction of sp³-hybridized carbons (Fsp3) is 0.0909. The highest BCUT2D eigenvalue weighted by molar-refractivity contribution is 5.87. The largest absolute Gasteiger partial charge is 0.506 e. The topological polar surface area (TPSA) is 131 Å². The molecule has 0 aliphatic rings. The van der Waals surface area contributed by atoms with E-state index in [0.717, 1.165) is 0 Å². The third-order valence-corrected chi connectivity index (χ3v) is 4.28. The highest BCUT2D eigenvalue weighted by atomic mass is 16.6. The van der Waals surface area contributed by atoms with E-state index in [1.165, 1.54) is 43.7 Å². The highest BCUT2D eigenvalue weighted by Gasteiger charge is 2.10. The number of benzene rings is 3. The summed E-state index contributed by atoms with van der Waals surface area (Å²) in [7, 11) is 1.47. The predicted octanol–water partition coefficient (Wildman–Crippen LogP) is 4.34. The average molecular weight is 422 g/mol. The number of nitro groups is 1. The van der Waals surface area contributed by atoms with Gasteiger partial charge in [-0.1, -0.05) is 12.1 Å². The number of non-ortho nitro benzene ring substituents is 1. The molecule has 9 heteroatoms. The van der Waals surface area contributed by atoms with Crippen molar-refractivity contribution < 1.29 is 29.4 Å². The Morgan fingerprint density at radius 1 is 1.13 bits per heavy atom. The van der Waals surface area contributed by atoms with Gasteiger partial charge >= 0.3 is 5.97 Å². The molecule has 0 aromatic heterocycles. The first-order valence-electron chi connectivity index (χ1n) is 9.02. The minimum Gasteiger partial charge on any atom is -0.506 e. The van der Waals surface area contributed by atoms with Crippen LogP contribution in [0.15, 0.2) is 65.7 Å². The number of carboxylic acid groups (broad SMARTS) is 1. The molecule has 158 valence electrons. The molecule has 0 saturated heterocycles. The fourth-order valence-corrected chi connectivity index (χ4v) is 2.71. The zero-order chi connectivity index (χ0) is 22.4. The van der Waals surface area contributed by atoms with Crippen LogP contribution in [0.2, 0.25) is 0 Å². The quantitative estimate of drug-likeness (QED) is 0.314. The van der Waals surface area contributed by atoms with Gasteiger partial charge in [0.1, 0.15) is 18.0 Å². The van der Waals surface area contributed by atoms with Gasteiger partial charge in [0.05, 0.1) is 17.6 Å². The van der Waals surface area contributed by atoms with Crippen molar-refractivity contribution in [2.75, 3.05) is 7.11 Å². The van der Waals surface area contributed by atoms with E-state index in [1.54, 1.807) is 30.3 Å². The number of aromatic carboxylic acids is 1. The number of methoxy groups -OCH3 is 1. The lowest BCUT2D eigenvalue weighted by atomic mass is 10.1. The minimum absolute atomic E-state index is 0.0619. The third-order valence-electron chi connectivity index (χ3n) is 4.28. The summed E-state index contributed by atoms with van der Waals surface area (Å²) in [4.78, 5) is 25.5. The summed E-state index contributed by atoms with van der Waals surface area (Å²) in [6.45, 7) is 0.145. The smallest absolute Gasteiger partial charge is 0.335 e. The Morgan fingerprint density at radius 3 is 2.65 bits per heavy atom. The summed E-state index contributed by atoms with van der Waals surface area (Å²) in [5.41, 5.74) is 1.35. The highest BCUT2D eigenvalue weighted by Crippen LogP contribution is 2.31. The van der Waals surface area contributed by atoms with Crippen LogP contribution in [-0.4, -0.2) is 34.4 Å². The predicted molar refractivity (Wildman–Crippen MR) is 113 cm³/mol. The number of carboxylic acids is 1. The Morgan fingerprint density at radius 2 is 1.94 bits per heavy atom. The van der Waals surface area contributed by atoms with E-state index in [0.29, 0.717) is 22.6 Å². The van der Waals surface area contributed by atoms with Crippen molar-refractivity contribution in [3.8, 4) is 17.2 Å². The van der Waals surface area contributed by atoms with Crippen LogP contribution in [-0.2, 0) is 6.61 Å². The van der Waals surface area contributed by atoms with Gasteiger partial charge in [-0.15, -0.1) is 0 Å². The first kappa shape index (κ1) is 21.3. The van der Waals surface area contributed by atoms with Gasteiger partial charge in [0.25, 0.3) is 5.69 Å². The first-order valence-corrected chi connectivity index (χ1v) is 9.02. The molecule has 0 bridgehead atoms. The van der Waals surface area contributed by atoms with Crippen LogP contribution >= 0.6 is 0 Å². The summed E-state index contributed by atoms with van der Waals surface area (Å²) in [6.07, 6.45) is 1.43. The summed E-state index contributed by atoms with van der Waals surface area (Å²) in [5.74, 6) is -0.338. The molecular formula is C22H18N2O7. The van der Waals surface area contributed by atoms with Crippen LogP contribution in [0.3, 0.4) is 0 Å². The summed E-state index contributed by atoms with van der Waals surface area (Å²) >= 11 is 0. The number of rotatable bonds is 8. The second kappa shape index (κ2) is 9.40. The zero-order valence-electron chi connectivity index (χ0n) is 16.4. The second-order valence-electron chi connectivity index (χ2n) is 6.39. The van der Waals surface area contributed by atoms with Gasteiger partial charge in [-0.3, -0.25) is 15.1 Å². The number of aromatic hydroxyl groups is 1. The molecule has 0 atom stereocenters. The van der Waals surface area contributed by atoms with Crippen molar-refractivity contribution in [2.45, 2.75) is 6.61 Å². The van der Waals surface area contributed by atoms with E-state index in [1.807, 2.05) is 0 Å². The number of hydrogen-bond donors (Lipinski definition) is 2. The maximum Gasteiger partial charge on any atom is 0.335 e. The van der Waals surface area contributed by atoms with Crippen molar-refractivity contribution in [3.05, 3.63) is 87.5 Å². The van der Waals surface area contributed by atoms with Crippen LogP contribution in [0, 0.1) is 10.1 Å². The maximum atomic E-state index is 11.1. The molecule has 0 radical (unpaired) electrons. The Bertz CT molecular complexity index is 1160. The van der Waals surface area contributed by atoms with E-state index in [2.05, 4.69) is 4.99 Å². The summed E-state index contributed by atoms with van der Waals surface area (Å²) in [5, 5.41) is 29.8. The average Bonchev–Trinajstić information content (AvgIpc) is 2.77. The standard InChI is InChI=1S/C22H18N2O7/c1-30-21-10-14(12-23-18-11-17(24(28)29)6-7-19(18)25)5-8-20(21)31-13-15-3-2-4-16(9-15)22(26)27/h2-12,25H,13H2,1H3,(H,26,27). The second-order valence-corrected chi connectivity index (χ2v) is 6.39. The maximum absolute atomic E-state index is 11.1. The van der Waals surface area contributed by atoms with E-state index >= 15 is 0 Å². The molecule has 2 N–H and O–H groups in total. The number of ether oxygens (including phenoxy) is 2. The zero-order valence-corrected chi connectivity index (χ0v) is 16.4. The lowest BCUT2D eigenvalue weighted by molar-refractivity contribution is -0.384. The molecule has 3 aromatic carbocycles. The summed E-state index contributed by atoms with van der Waals surface area (Å²) < 4.78 is 11.1. The van der Waals surface area contributed by atoms with E-state index in [-0.39, 0.29) is 29.3 Å². The fourth-order valence-electron chi connectivity index (χ4n) is 2.71. The number of nitro benzene ring substituents is 1. The molecule has 0 aliphatic heterocycles. The van der Waals surface area contributed by atoms with Gasteiger partial charge < -0.3 is 19.7 Å². The Hall–Kier alpha value is -4.40. The normalized spacial score (nSPS) is 10.7. The van der Waals surface area contributed by atoms with E-state index < -0.39 is 10.9 Å². The van der Waals surface area contributed by atoms with Crippen molar-refractivity contribution in [1.82, 2.24) is 0 Å². The molecule has 0 heterocycles. The Labute approximate surface area is 177 Å². The number of carbonyl (C=O) groups is 1. The van der Waals surface area contributed by atoms with E-state index in [9.17, 15) is 20.0 Å². The molecule has 3 aromatic rings. The van der Waals surface area contributed by atoms with Gasteiger partial charge in [-0.05, 0) is 47.5 Å². The lowest BCUT2D eigenvalue weighted by Crippen LogP contribution is -2.01. The van der Waals surface area contributed by atoms with Crippen molar-refractivity contribution >= 4 is 23.6 Å². The number of hydrogen-bond acceptors (Lipinski definition) is 7.